The summed E-state index contributed by atoms with van der Waals surface area (Å²) in [7, 11) is 1.53. The van der Waals surface area contributed by atoms with Crippen LogP contribution in [0.15, 0.2) is 35.4 Å². The number of carbonyl (C=O) groups excluding carboxylic acids is 1. The molecule has 0 spiro atoms. The zero-order valence-corrected chi connectivity index (χ0v) is 14.6. The Kier molecular flexibility index (Phi) is 6.01. The number of methoxy groups -OCH3 is 1. The Morgan fingerprint density at radius 1 is 1.30 bits per heavy atom. The van der Waals surface area contributed by atoms with Crippen LogP contribution in [-0.2, 0) is 0 Å². The van der Waals surface area contributed by atoms with Crippen molar-refractivity contribution < 1.29 is 14.3 Å². The molecule has 1 aromatic carbocycles. The number of nitrogens with zero attached hydrogens (tertiary/aromatic N) is 1. The van der Waals surface area contributed by atoms with E-state index in [2.05, 4.69) is 10.5 Å². The second-order valence-electron chi connectivity index (χ2n) is 4.87. The number of thiophene rings is 1. The van der Waals surface area contributed by atoms with Gasteiger partial charge in [0.25, 0.3) is 5.91 Å². The third-order valence-corrected chi connectivity index (χ3v) is 3.91. The summed E-state index contributed by atoms with van der Waals surface area (Å²) in [5, 5.41) is 3.91. The first kappa shape index (κ1) is 17.3. The van der Waals surface area contributed by atoms with E-state index in [0.717, 1.165) is 4.88 Å². The summed E-state index contributed by atoms with van der Waals surface area (Å²) in [6.45, 7) is 3.84. The average Bonchev–Trinajstić information content (AvgIpc) is 2.92. The van der Waals surface area contributed by atoms with E-state index in [4.69, 9.17) is 21.1 Å². The van der Waals surface area contributed by atoms with Gasteiger partial charge in [0.2, 0.25) is 0 Å². The van der Waals surface area contributed by atoms with Crippen molar-refractivity contribution in [2.24, 2.45) is 5.10 Å². The van der Waals surface area contributed by atoms with Gasteiger partial charge in [0.1, 0.15) is 0 Å². The summed E-state index contributed by atoms with van der Waals surface area (Å²) in [6, 6.07) is 8.58. The predicted octanol–water partition coefficient (Wildman–Crippen LogP) is 3.96. The molecule has 0 bridgehead atoms. The summed E-state index contributed by atoms with van der Waals surface area (Å²) in [5.74, 6) is 0.759. The minimum Gasteiger partial charge on any atom is -0.493 e. The van der Waals surface area contributed by atoms with Crippen LogP contribution in [0.2, 0.25) is 4.34 Å². The van der Waals surface area contributed by atoms with Crippen molar-refractivity contribution >= 4 is 35.1 Å². The van der Waals surface area contributed by atoms with Gasteiger partial charge in [0, 0.05) is 10.4 Å². The maximum Gasteiger partial charge on any atom is 0.271 e. The normalized spacial score (nSPS) is 11.0. The van der Waals surface area contributed by atoms with E-state index >= 15 is 0 Å². The van der Waals surface area contributed by atoms with Crippen molar-refractivity contribution in [1.82, 2.24) is 5.43 Å². The third kappa shape index (κ3) is 4.97. The monoisotopic (exact) mass is 352 g/mol. The number of amides is 1. The number of rotatable bonds is 6. The van der Waals surface area contributed by atoms with Gasteiger partial charge < -0.3 is 9.47 Å². The van der Waals surface area contributed by atoms with E-state index in [9.17, 15) is 4.79 Å². The number of hydrogen-bond donors (Lipinski definition) is 1. The minimum absolute atomic E-state index is 0.0193. The molecule has 0 atom stereocenters. The molecule has 1 N–H and O–H groups in total. The number of benzene rings is 1. The molecular formula is C16H17ClN2O3S. The van der Waals surface area contributed by atoms with Gasteiger partial charge in [0.05, 0.1) is 23.8 Å². The minimum atomic E-state index is -0.335. The molecule has 7 heteroatoms. The van der Waals surface area contributed by atoms with E-state index in [1.807, 2.05) is 19.9 Å². The number of hydrogen-bond acceptors (Lipinski definition) is 5. The number of halogens is 1. The number of carbonyl (C=O) groups is 1. The maximum absolute atomic E-state index is 12.1. The fourth-order valence-electron chi connectivity index (χ4n) is 1.78. The van der Waals surface area contributed by atoms with Crippen LogP contribution in [0.1, 0.15) is 29.1 Å². The van der Waals surface area contributed by atoms with Gasteiger partial charge >= 0.3 is 0 Å². The van der Waals surface area contributed by atoms with E-state index in [-0.39, 0.29) is 12.0 Å². The van der Waals surface area contributed by atoms with Crippen molar-refractivity contribution in [3.05, 3.63) is 45.1 Å². The van der Waals surface area contributed by atoms with Crippen LogP contribution in [0.4, 0.5) is 0 Å². The molecule has 5 nitrogen and oxygen atoms in total. The predicted molar refractivity (Wildman–Crippen MR) is 93.1 cm³/mol. The molecule has 0 saturated heterocycles. The van der Waals surface area contributed by atoms with Gasteiger partial charge in [0.15, 0.2) is 11.5 Å². The molecule has 2 rings (SSSR count). The van der Waals surface area contributed by atoms with Crippen LogP contribution in [0.3, 0.4) is 0 Å². The summed E-state index contributed by atoms with van der Waals surface area (Å²) >= 11 is 7.20. The van der Waals surface area contributed by atoms with Crippen molar-refractivity contribution in [2.45, 2.75) is 20.0 Å². The van der Waals surface area contributed by atoms with E-state index in [1.54, 1.807) is 30.5 Å². The molecule has 0 fully saturated rings. The molecule has 0 aliphatic carbocycles. The van der Waals surface area contributed by atoms with Gasteiger partial charge in [-0.25, -0.2) is 5.43 Å². The first-order chi connectivity index (χ1) is 11.0. The summed E-state index contributed by atoms with van der Waals surface area (Å²) < 4.78 is 11.5. The van der Waals surface area contributed by atoms with Crippen LogP contribution in [-0.4, -0.2) is 25.3 Å². The number of nitrogens with one attached hydrogen (secondary N) is 1. The smallest absolute Gasteiger partial charge is 0.271 e. The number of ether oxygens (including phenoxy) is 2. The van der Waals surface area contributed by atoms with E-state index in [1.165, 1.54) is 18.4 Å². The molecule has 1 amide bonds. The van der Waals surface area contributed by atoms with Crippen molar-refractivity contribution in [3.8, 4) is 11.5 Å². The molecule has 1 heterocycles. The largest absolute Gasteiger partial charge is 0.493 e. The van der Waals surface area contributed by atoms with Crippen molar-refractivity contribution in [1.29, 1.82) is 0 Å². The highest BCUT2D eigenvalue weighted by atomic mass is 35.5. The van der Waals surface area contributed by atoms with Crippen LogP contribution in [0.5, 0.6) is 11.5 Å². The fourth-order valence-corrected chi connectivity index (χ4v) is 2.71. The Balaban J connectivity index is 2.05. The third-order valence-electron chi connectivity index (χ3n) is 2.74. The van der Waals surface area contributed by atoms with Gasteiger partial charge in [-0.3, -0.25) is 4.79 Å². The van der Waals surface area contributed by atoms with E-state index < -0.39 is 0 Å². The molecular weight excluding hydrogens is 336 g/mol. The molecule has 0 unspecified atom stereocenters. The molecule has 2 aromatic rings. The highest BCUT2D eigenvalue weighted by molar-refractivity contribution is 7.17. The zero-order valence-electron chi connectivity index (χ0n) is 13.0. The van der Waals surface area contributed by atoms with Gasteiger partial charge in [-0.15, -0.1) is 11.3 Å². The van der Waals surface area contributed by atoms with Crippen LogP contribution >= 0.6 is 22.9 Å². The topological polar surface area (TPSA) is 59.9 Å². The Hall–Kier alpha value is -2.05. The highest BCUT2D eigenvalue weighted by Crippen LogP contribution is 2.29. The van der Waals surface area contributed by atoms with E-state index in [0.29, 0.717) is 21.4 Å². The van der Waals surface area contributed by atoms with Gasteiger partial charge in [-0.1, -0.05) is 11.6 Å². The molecule has 0 aliphatic heterocycles. The molecule has 0 aliphatic rings. The molecule has 122 valence electrons. The lowest BCUT2D eigenvalue weighted by molar-refractivity contribution is 0.0954. The lowest BCUT2D eigenvalue weighted by Gasteiger charge is -2.14. The summed E-state index contributed by atoms with van der Waals surface area (Å²) in [6.07, 6.45) is 1.56. The molecule has 0 radical (unpaired) electrons. The summed E-state index contributed by atoms with van der Waals surface area (Å²) in [5.41, 5.74) is 2.90. The lowest BCUT2D eigenvalue weighted by Crippen LogP contribution is -2.17. The first-order valence-electron chi connectivity index (χ1n) is 6.93. The van der Waals surface area contributed by atoms with Gasteiger partial charge in [-0.05, 0) is 44.2 Å². The van der Waals surface area contributed by atoms with Crippen molar-refractivity contribution in [2.75, 3.05) is 7.11 Å². The average molecular weight is 353 g/mol. The van der Waals surface area contributed by atoms with Crippen LogP contribution in [0, 0.1) is 0 Å². The zero-order chi connectivity index (χ0) is 16.8. The maximum atomic E-state index is 12.1. The second-order valence-corrected chi connectivity index (χ2v) is 6.62. The Morgan fingerprint density at radius 2 is 2.09 bits per heavy atom. The second kappa shape index (κ2) is 7.99. The SMILES string of the molecule is COc1cc(C(=O)N/N=C/c2ccc(Cl)s2)ccc1OC(C)C. The molecule has 0 saturated carbocycles. The fraction of sp³-hybridized carbons (Fsp3) is 0.250. The Bertz CT molecular complexity index is 713. The first-order valence-corrected chi connectivity index (χ1v) is 8.12. The van der Waals surface area contributed by atoms with Crippen LogP contribution < -0.4 is 14.9 Å². The molecule has 23 heavy (non-hydrogen) atoms. The Labute approximate surface area is 143 Å². The van der Waals surface area contributed by atoms with Gasteiger partial charge in [-0.2, -0.15) is 5.10 Å². The Morgan fingerprint density at radius 3 is 2.70 bits per heavy atom. The van der Waals surface area contributed by atoms with Crippen molar-refractivity contribution in [3.63, 3.8) is 0 Å². The summed E-state index contributed by atoms with van der Waals surface area (Å²) in [4.78, 5) is 13.0. The quantitative estimate of drug-likeness (QED) is 0.632. The highest BCUT2D eigenvalue weighted by Gasteiger charge is 2.11. The lowest BCUT2D eigenvalue weighted by atomic mass is 10.2. The van der Waals surface area contributed by atoms with Crippen LogP contribution in [0.25, 0.3) is 0 Å². The number of hydrazone groups is 1. The molecule has 1 aromatic heterocycles. The standard InChI is InChI=1S/C16H17ClN2O3S/c1-10(2)22-13-6-4-11(8-14(13)21-3)16(20)19-18-9-12-5-7-15(17)23-12/h4-10H,1-3H3,(H,19,20)/b18-9+.